The molecule has 3 heteroatoms. The lowest BCUT2D eigenvalue weighted by Crippen LogP contribution is -2.58. The highest BCUT2D eigenvalue weighted by molar-refractivity contribution is 5.03. The Bertz CT molecular complexity index is 228. The maximum atomic E-state index is 6.11. The minimum Gasteiger partial charge on any atom is -0.378 e. The second kappa shape index (κ2) is 5.68. The summed E-state index contributed by atoms with van der Waals surface area (Å²) in [6.45, 7) is 8.42. The predicted molar refractivity (Wildman–Crippen MR) is 71.0 cm³/mol. The third kappa shape index (κ3) is 2.67. The van der Waals surface area contributed by atoms with Gasteiger partial charge in [0.2, 0.25) is 0 Å². The number of rotatable bonds is 6. The Hall–Kier alpha value is -0.120. The van der Waals surface area contributed by atoms with Crippen molar-refractivity contribution in [3.63, 3.8) is 0 Å². The number of piperidine rings is 1. The predicted octanol–water partition coefficient (Wildman–Crippen LogP) is 2.00. The highest BCUT2D eigenvalue weighted by Crippen LogP contribution is 2.45. The molecule has 3 nitrogen and oxygen atoms in total. The fraction of sp³-hybridized carbons (Fsp3) is 1.00. The fourth-order valence-corrected chi connectivity index (χ4v) is 3.53. The number of nitrogens with zero attached hydrogens (tertiary/aromatic N) is 1. The largest absolute Gasteiger partial charge is 0.378 e. The molecule has 0 aromatic heterocycles. The van der Waals surface area contributed by atoms with Crippen molar-refractivity contribution in [3.8, 4) is 0 Å². The van der Waals surface area contributed by atoms with Gasteiger partial charge in [0.1, 0.15) is 0 Å². The number of hydrogen-bond donors (Lipinski definition) is 1. The van der Waals surface area contributed by atoms with Crippen molar-refractivity contribution < 1.29 is 4.74 Å². The summed E-state index contributed by atoms with van der Waals surface area (Å²) in [6.07, 6.45) is 6.83. The summed E-state index contributed by atoms with van der Waals surface area (Å²) in [5.74, 6) is 0.862. The van der Waals surface area contributed by atoms with Crippen LogP contribution in [-0.4, -0.2) is 42.8 Å². The number of ether oxygens (including phenoxy) is 1. The molecule has 17 heavy (non-hydrogen) atoms. The molecule has 1 atom stereocenters. The summed E-state index contributed by atoms with van der Waals surface area (Å²) in [5.41, 5.74) is 6.41. The molecule has 0 aromatic carbocycles. The molecule has 1 saturated carbocycles. The zero-order valence-corrected chi connectivity index (χ0v) is 11.5. The maximum absolute atomic E-state index is 6.11. The Morgan fingerprint density at radius 2 is 1.82 bits per heavy atom. The van der Waals surface area contributed by atoms with E-state index >= 15 is 0 Å². The normalized spacial score (nSPS) is 27.0. The van der Waals surface area contributed by atoms with Gasteiger partial charge in [-0.1, -0.05) is 6.92 Å². The van der Waals surface area contributed by atoms with Crippen molar-refractivity contribution in [2.75, 3.05) is 26.2 Å². The standard InChI is InChI=1S/C14H28N2O/c1-3-14(11-15,12-5-6-12)16-9-7-13(8-10-16)17-4-2/h12-13H,3-11,15H2,1-2H3. The second-order valence-corrected chi connectivity index (χ2v) is 5.58. The Morgan fingerprint density at radius 1 is 1.18 bits per heavy atom. The molecule has 1 saturated heterocycles. The van der Waals surface area contributed by atoms with E-state index in [-0.39, 0.29) is 0 Å². The first-order chi connectivity index (χ1) is 8.26. The van der Waals surface area contributed by atoms with E-state index in [0.717, 1.165) is 19.1 Å². The third-order valence-corrected chi connectivity index (χ3v) is 4.78. The van der Waals surface area contributed by atoms with Crippen molar-refractivity contribution in [1.29, 1.82) is 0 Å². The number of hydrogen-bond acceptors (Lipinski definition) is 3. The van der Waals surface area contributed by atoms with Crippen molar-refractivity contribution in [3.05, 3.63) is 0 Å². The summed E-state index contributed by atoms with van der Waals surface area (Å²) in [7, 11) is 0. The first kappa shape index (κ1) is 13.3. The van der Waals surface area contributed by atoms with E-state index in [1.54, 1.807) is 0 Å². The zero-order chi connectivity index (χ0) is 12.3. The van der Waals surface area contributed by atoms with Crippen molar-refractivity contribution in [2.45, 2.75) is 57.6 Å². The Balaban J connectivity index is 1.93. The Labute approximate surface area is 106 Å². The van der Waals surface area contributed by atoms with Gasteiger partial charge in [0.15, 0.2) is 0 Å². The number of likely N-dealkylation sites (tertiary alicyclic amines) is 1. The van der Waals surface area contributed by atoms with Gasteiger partial charge in [-0.3, -0.25) is 4.90 Å². The average molecular weight is 240 g/mol. The highest BCUT2D eigenvalue weighted by atomic mass is 16.5. The minimum absolute atomic E-state index is 0.303. The molecule has 1 aliphatic carbocycles. The van der Waals surface area contributed by atoms with Gasteiger partial charge < -0.3 is 10.5 Å². The van der Waals surface area contributed by atoms with Gasteiger partial charge >= 0.3 is 0 Å². The van der Waals surface area contributed by atoms with Crippen LogP contribution < -0.4 is 5.73 Å². The topological polar surface area (TPSA) is 38.5 Å². The van der Waals surface area contributed by atoms with E-state index in [4.69, 9.17) is 10.5 Å². The lowest BCUT2D eigenvalue weighted by molar-refractivity contribution is -0.0260. The summed E-state index contributed by atoms with van der Waals surface area (Å²) >= 11 is 0. The molecule has 2 aliphatic rings. The molecule has 0 radical (unpaired) electrons. The Morgan fingerprint density at radius 3 is 2.24 bits per heavy atom. The maximum Gasteiger partial charge on any atom is 0.0599 e. The molecule has 0 spiro atoms. The first-order valence-electron chi connectivity index (χ1n) is 7.33. The van der Waals surface area contributed by atoms with Crippen molar-refractivity contribution >= 4 is 0 Å². The molecular formula is C14H28N2O. The average Bonchev–Trinajstić information content (AvgIpc) is 3.19. The molecule has 0 aromatic rings. The molecule has 1 aliphatic heterocycles. The minimum atomic E-state index is 0.303. The van der Waals surface area contributed by atoms with E-state index in [1.165, 1.54) is 45.2 Å². The molecule has 2 fully saturated rings. The van der Waals surface area contributed by atoms with E-state index < -0.39 is 0 Å². The molecule has 1 heterocycles. The molecular weight excluding hydrogens is 212 g/mol. The van der Waals surface area contributed by atoms with Gasteiger partial charge in [-0.05, 0) is 44.9 Å². The third-order valence-electron chi connectivity index (χ3n) is 4.78. The first-order valence-corrected chi connectivity index (χ1v) is 7.33. The molecule has 1 unspecified atom stereocenters. The molecule has 2 N–H and O–H groups in total. The van der Waals surface area contributed by atoms with Crippen molar-refractivity contribution in [2.24, 2.45) is 11.7 Å². The monoisotopic (exact) mass is 240 g/mol. The van der Waals surface area contributed by atoms with Gasteiger partial charge in [-0.25, -0.2) is 0 Å². The zero-order valence-electron chi connectivity index (χ0n) is 11.5. The summed E-state index contributed by atoms with van der Waals surface area (Å²) in [5, 5.41) is 0. The Kier molecular flexibility index (Phi) is 4.45. The van der Waals surface area contributed by atoms with Gasteiger partial charge in [-0.2, -0.15) is 0 Å². The molecule has 2 rings (SSSR count). The van der Waals surface area contributed by atoms with E-state index in [0.29, 0.717) is 11.6 Å². The van der Waals surface area contributed by atoms with Gasteiger partial charge in [-0.15, -0.1) is 0 Å². The van der Waals surface area contributed by atoms with E-state index in [2.05, 4.69) is 18.7 Å². The molecule has 0 amide bonds. The van der Waals surface area contributed by atoms with Crippen LogP contribution in [0.1, 0.15) is 46.0 Å². The summed E-state index contributed by atoms with van der Waals surface area (Å²) in [6, 6.07) is 0. The second-order valence-electron chi connectivity index (χ2n) is 5.58. The van der Waals surface area contributed by atoms with Gasteiger partial charge in [0.05, 0.1) is 6.10 Å². The lowest BCUT2D eigenvalue weighted by Gasteiger charge is -2.46. The highest BCUT2D eigenvalue weighted by Gasteiger charge is 2.47. The summed E-state index contributed by atoms with van der Waals surface area (Å²) in [4.78, 5) is 2.67. The van der Waals surface area contributed by atoms with E-state index in [9.17, 15) is 0 Å². The molecule has 100 valence electrons. The summed E-state index contributed by atoms with van der Waals surface area (Å²) < 4.78 is 5.73. The van der Waals surface area contributed by atoms with Crippen LogP contribution >= 0.6 is 0 Å². The molecule has 0 bridgehead atoms. The van der Waals surface area contributed by atoms with Crippen LogP contribution in [0.4, 0.5) is 0 Å². The van der Waals surface area contributed by atoms with Crippen molar-refractivity contribution in [1.82, 2.24) is 4.90 Å². The van der Waals surface area contributed by atoms with Crippen LogP contribution in [-0.2, 0) is 4.74 Å². The van der Waals surface area contributed by atoms with Crippen LogP contribution in [0.25, 0.3) is 0 Å². The SMILES string of the molecule is CCOC1CCN(C(CC)(CN)C2CC2)CC1. The smallest absolute Gasteiger partial charge is 0.0599 e. The van der Waals surface area contributed by atoms with Crippen LogP contribution in [0.3, 0.4) is 0 Å². The fourth-order valence-electron chi connectivity index (χ4n) is 3.53. The lowest BCUT2D eigenvalue weighted by atomic mass is 9.86. The van der Waals surface area contributed by atoms with Crippen LogP contribution in [0.5, 0.6) is 0 Å². The van der Waals surface area contributed by atoms with Gasteiger partial charge in [0.25, 0.3) is 0 Å². The van der Waals surface area contributed by atoms with Gasteiger partial charge in [0, 0.05) is 31.8 Å². The van der Waals surface area contributed by atoms with Crippen LogP contribution in [0, 0.1) is 5.92 Å². The van der Waals surface area contributed by atoms with Crippen LogP contribution in [0.15, 0.2) is 0 Å². The van der Waals surface area contributed by atoms with E-state index in [1.807, 2.05) is 0 Å². The van der Waals surface area contributed by atoms with Crippen LogP contribution in [0.2, 0.25) is 0 Å². The number of nitrogens with two attached hydrogens (primary N) is 1. The quantitative estimate of drug-likeness (QED) is 0.772.